The van der Waals surface area contributed by atoms with Gasteiger partial charge in [0.15, 0.2) is 5.16 Å². The Labute approximate surface area is 78.5 Å². The first-order valence-corrected chi connectivity index (χ1v) is 3.51. The molecular weight excluding hydrogens is 212 g/mol. The summed E-state index contributed by atoms with van der Waals surface area (Å²) < 4.78 is 8.27. The second kappa shape index (κ2) is 3.21. The normalized spacial score (nSPS) is 10.1. The fourth-order valence-corrected chi connectivity index (χ4v) is 0.744. The van der Waals surface area contributed by atoms with E-state index in [1.165, 1.54) is 0 Å². The molecule has 0 atom stereocenters. The number of hydrogen-bond acceptors (Lipinski definition) is 7. The van der Waals surface area contributed by atoms with Crippen LogP contribution in [0.15, 0.2) is 18.8 Å². The van der Waals surface area contributed by atoms with Crippen LogP contribution in [-0.2, 0) is 0 Å². The molecule has 0 aromatic carbocycles. The minimum atomic E-state index is -0.850. The second-order valence-corrected chi connectivity index (χ2v) is 2.31. The number of anilines is 1. The van der Waals surface area contributed by atoms with Crippen molar-refractivity contribution in [1.82, 2.24) is 20.6 Å². The zero-order valence-corrected chi connectivity index (χ0v) is 6.88. The maximum absolute atomic E-state index is 11.2. The summed E-state index contributed by atoms with van der Waals surface area (Å²) in [6, 6.07) is 0. The molecule has 11 nitrogen and oxygen atoms in total. The molecule has 3 N–H and O–H groups in total. The Morgan fingerprint density at radius 3 is 2.33 bits per heavy atom. The van der Waals surface area contributed by atoms with Gasteiger partial charge in [-0.05, 0) is 10.1 Å². The standard InChI is InChI=1S/C4H2N6O5/c11-3-1(6-14-8-3)5-10(13)2-4(12)9-15-7-2/h(H2-,5,6,8,9,11,12,13)/p+1. The van der Waals surface area contributed by atoms with E-state index >= 15 is 0 Å². The third-order valence-electron chi connectivity index (χ3n) is 1.36. The van der Waals surface area contributed by atoms with E-state index in [-0.39, 0.29) is 4.87 Å². The zero-order chi connectivity index (χ0) is 10.8. The van der Waals surface area contributed by atoms with Crippen LogP contribution in [0.2, 0.25) is 0 Å². The van der Waals surface area contributed by atoms with E-state index in [0.717, 1.165) is 0 Å². The summed E-state index contributed by atoms with van der Waals surface area (Å²) in [6.07, 6.45) is 0. The van der Waals surface area contributed by atoms with Gasteiger partial charge < -0.3 is 0 Å². The number of hydrogen-bond donors (Lipinski definition) is 3. The lowest BCUT2D eigenvalue weighted by Crippen LogP contribution is -2.20. The fraction of sp³-hybridized carbons (Fsp3) is 0. The molecule has 2 rings (SSSR count). The predicted octanol–water partition coefficient (Wildman–Crippen LogP) is -1.52. The van der Waals surface area contributed by atoms with Gasteiger partial charge in [0.2, 0.25) is 0 Å². The average molecular weight is 215 g/mol. The van der Waals surface area contributed by atoms with Crippen LogP contribution in [0.3, 0.4) is 0 Å². The second-order valence-electron chi connectivity index (χ2n) is 2.31. The van der Waals surface area contributed by atoms with Crippen LogP contribution in [0.1, 0.15) is 0 Å². The lowest BCUT2D eigenvalue weighted by molar-refractivity contribution is -0.434. The number of aromatic nitrogens is 4. The predicted molar refractivity (Wildman–Crippen MR) is 41.2 cm³/mol. The van der Waals surface area contributed by atoms with E-state index in [9.17, 15) is 14.5 Å². The monoisotopic (exact) mass is 215 g/mol. The number of nitroso groups, excluding NO2 is 1. The molecule has 2 heterocycles. The molecule has 15 heavy (non-hydrogen) atoms. The van der Waals surface area contributed by atoms with E-state index in [1.54, 1.807) is 5.16 Å². The van der Waals surface area contributed by atoms with E-state index in [4.69, 9.17) is 0 Å². The van der Waals surface area contributed by atoms with Crippen molar-refractivity contribution in [2.24, 2.45) is 0 Å². The molecule has 2 aromatic rings. The molecule has 0 saturated heterocycles. The number of nitrogens with zero attached hydrogens (tertiary/aromatic N) is 3. The summed E-state index contributed by atoms with van der Waals surface area (Å²) in [4.78, 5) is 32.8. The first-order chi connectivity index (χ1) is 7.18. The minimum Gasteiger partial charge on any atom is -0.265 e. The van der Waals surface area contributed by atoms with Crippen LogP contribution < -0.4 is 16.5 Å². The topological polar surface area (TPSA) is 150 Å². The third-order valence-corrected chi connectivity index (χ3v) is 1.36. The molecule has 0 fully saturated rings. The van der Waals surface area contributed by atoms with Crippen molar-refractivity contribution in [3.8, 4) is 0 Å². The molecule has 0 aliphatic carbocycles. The van der Waals surface area contributed by atoms with Crippen LogP contribution >= 0.6 is 0 Å². The van der Waals surface area contributed by atoms with Crippen molar-refractivity contribution in [3.63, 3.8) is 0 Å². The third kappa shape index (κ3) is 1.52. The first kappa shape index (κ1) is 8.86. The minimum absolute atomic E-state index is 0.0879. The summed E-state index contributed by atoms with van der Waals surface area (Å²) in [7, 11) is 0. The van der Waals surface area contributed by atoms with Crippen molar-refractivity contribution in [3.05, 3.63) is 25.6 Å². The SMILES string of the molecule is O=c1[nH]onc1N[N+](=O)c1no[nH]c1=O. The van der Waals surface area contributed by atoms with Gasteiger partial charge in [0, 0.05) is 0 Å². The molecule has 0 radical (unpaired) electrons. The number of hydrazine groups is 1. The number of rotatable bonds is 3. The maximum atomic E-state index is 11.2. The maximum Gasteiger partial charge on any atom is 0.503 e. The van der Waals surface area contributed by atoms with E-state index in [2.05, 4.69) is 19.6 Å². The molecule has 0 amide bonds. The molecule has 0 saturated carbocycles. The summed E-state index contributed by atoms with van der Waals surface area (Å²) in [5.74, 6) is -1.01. The summed E-state index contributed by atoms with van der Waals surface area (Å²) >= 11 is 0. The number of nitrogens with one attached hydrogen (secondary N) is 3. The van der Waals surface area contributed by atoms with Crippen LogP contribution in [0.4, 0.5) is 11.6 Å². The molecule has 0 spiro atoms. The quantitative estimate of drug-likeness (QED) is 0.412. The van der Waals surface area contributed by atoms with E-state index in [0.29, 0.717) is 0 Å². The van der Waals surface area contributed by atoms with E-state index in [1.807, 2.05) is 10.6 Å². The molecule has 0 bridgehead atoms. The van der Waals surface area contributed by atoms with Gasteiger partial charge in [-0.15, -0.1) is 5.16 Å². The van der Waals surface area contributed by atoms with Gasteiger partial charge in [0.1, 0.15) is 4.87 Å². The van der Waals surface area contributed by atoms with Crippen LogP contribution in [0, 0.1) is 4.91 Å². The molecule has 2 aromatic heterocycles. The fourth-order valence-electron chi connectivity index (χ4n) is 0.744. The Bertz CT molecular complexity index is 587. The highest BCUT2D eigenvalue weighted by Gasteiger charge is 2.25. The van der Waals surface area contributed by atoms with Crippen LogP contribution in [-0.4, -0.2) is 25.5 Å². The van der Waals surface area contributed by atoms with E-state index < -0.39 is 22.8 Å². The number of aromatic amines is 2. The van der Waals surface area contributed by atoms with Gasteiger partial charge in [-0.25, -0.2) is 0 Å². The summed E-state index contributed by atoms with van der Waals surface area (Å²) in [5.41, 5.74) is 0.317. The van der Waals surface area contributed by atoms with Gasteiger partial charge in [0.25, 0.3) is 5.82 Å². The Balaban J connectivity index is 2.26. The lowest BCUT2D eigenvalue weighted by Gasteiger charge is -1.86. The Morgan fingerprint density at radius 2 is 1.80 bits per heavy atom. The summed E-state index contributed by atoms with van der Waals surface area (Å²) in [6.45, 7) is 0. The van der Waals surface area contributed by atoms with Crippen molar-refractivity contribution in [2.45, 2.75) is 0 Å². The van der Waals surface area contributed by atoms with Gasteiger partial charge in [0.05, 0.1) is 0 Å². The summed E-state index contributed by atoms with van der Waals surface area (Å²) in [5, 5.41) is 9.82. The molecule has 78 valence electrons. The molecule has 0 aliphatic heterocycles. The van der Waals surface area contributed by atoms with Crippen molar-refractivity contribution >= 4 is 11.6 Å². The van der Waals surface area contributed by atoms with Gasteiger partial charge in [-0.1, -0.05) is 0 Å². The number of H-pyrrole nitrogens is 2. The highest BCUT2D eigenvalue weighted by Crippen LogP contribution is 1.99. The highest BCUT2D eigenvalue weighted by molar-refractivity contribution is 5.25. The molecule has 0 unspecified atom stereocenters. The van der Waals surface area contributed by atoms with Gasteiger partial charge in [-0.2, -0.15) is 15.2 Å². The van der Waals surface area contributed by atoms with Gasteiger partial charge >= 0.3 is 16.9 Å². The average Bonchev–Trinajstić information content (AvgIpc) is 2.76. The largest absolute Gasteiger partial charge is 0.503 e. The van der Waals surface area contributed by atoms with Crippen molar-refractivity contribution in [2.75, 3.05) is 5.43 Å². The molecule has 11 heteroatoms. The van der Waals surface area contributed by atoms with Crippen LogP contribution in [0.5, 0.6) is 0 Å². The van der Waals surface area contributed by atoms with Gasteiger partial charge in [-0.3, -0.25) is 14.2 Å². The smallest absolute Gasteiger partial charge is 0.265 e. The zero-order valence-electron chi connectivity index (χ0n) is 6.88. The molecule has 0 aliphatic rings. The first-order valence-electron chi connectivity index (χ1n) is 3.51. The Kier molecular flexibility index (Phi) is 1.89. The van der Waals surface area contributed by atoms with Crippen molar-refractivity contribution in [1.29, 1.82) is 0 Å². The van der Waals surface area contributed by atoms with Crippen molar-refractivity contribution < 1.29 is 14.1 Å². The highest BCUT2D eigenvalue weighted by atomic mass is 16.6. The molecular formula is C4H3N6O5+. The van der Waals surface area contributed by atoms with Crippen LogP contribution in [0.25, 0.3) is 0 Å². The Morgan fingerprint density at radius 1 is 1.13 bits per heavy atom. The lowest BCUT2D eigenvalue weighted by atomic mass is 10.7. The Hall–Kier alpha value is -2.72.